The number of hydrazine groups is 1. The molecule has 7 heterocycles. The maximum Gasteiger partial charge on any atom is 0.324 e. The number of likely N-dealkylation sites (N-methyl/N-ethyl adjacent to an activating group) is 1. The minimum absolute atomic E-state index is 0.0739. The number of ether oxygens (including phenoxy) is 2. The Morgan fingerprint density at radius 1 is 1.06 bits per heavy atom. The highest BCUT2D eigenvalue weighted by Gasteiger charge is 2.47. The van der Waals surface area contributed by atoms with E-state index in [1.54, 1.807) is 35.8 Å². The van der Waals surface area contributed by atoms with Crippen molar-refractivity contribution in [1.29, 1.82) is 0 Å². The number of amides is 5. The molecule has 3 fully saturated rings. The van der Waals surface area contributed by atoms with Gasteiger partial charge in [0.2, 0.25) is 5.91 Å². The molecule has 1 spiro atoms. The molecule has 6 bridgehead atoms. The van der Waals surface area contributed by atoms with Gasteiger partial charge >= 0.3 is 12.0 Å². The number of aromatic nitrogens is 2. The highest BCUT2D eigenvalue weighted by Crippen LogP contribution is 2.45. The number of nitrogens with one attached hydrogen (secondary N) is 2. The van der Waals surface area contributed by atoms with Crippen LogP contribution >= 0.6 is 23.7 Å². The predicted molar refractivity (Wildman–Crippen MR) is 308 cm³/mol. The number of fused-ring (bicyclic) bond motifs is 6. The summed E-state index contributed by atoms with van der Waals surface area (Å²) in [5.74, 6) is -1.35. The highest BCUT2D eigenvalue weighted by molar-refractivity contribution is 7.99. The molecule has 0 radical (unpaired) electrons. The Morgan fingerprint density at radius 3 is 2.49 bits per heavy atom. The molecule has 17 nitrogen and oxygen atoms in total. The summed E-state index contributed by atoms with van der Waals surface area (Å²) in [6.45, 7) is 26.3. The van der Waals surface area contributed by atoms with Crippen molar-refractivity contribution in [1.82, 2.24) is 49.2 Å². The topological polar surface area (TPSA) is 165 Å². The molecule has 8 rings (SSSR count). The number of likely N-dealkylation sites (tertiary alicyclic amines) is 1. The van der Waals surface area contributed by atoms with Gasteiger partial charge in [0.1, 0.15) is 17.3 Å². The number of urea groups is 1. The monoisotopic (exact) mass is 1100 g/mol. The molecule has 2 unspecified atom stereocenters. The van der Waals surface area contributed by atoms with Crippen molar-refractivity contribution in [2.24, 2.45) is 11.3 Å². The van der Waals surface area contributed by atoms with Crippen LogP contribution < -0.4 is 10.1 Å². The Hall–Kier alpha value is -4.92. The van der Waals surface area contributed by atoms with E-state index in [9.17, 15) is 24.0 Å². The largest absolute Gasteiger partial charge is 0.464 e. The van der Waals surface area contributed by atoms with Crippen LogP contribution in [0.25, 0.3) is 27.7 Å². The second-order valence-corrected chi connectivity index (χ2v) is 25.4. The summed E-state index contributed by atoms with van der Waals surface area (Å²) in [5, 5.41) is 1.90. The van der Waals surface area contributed by atoms with E-state index >= 15 is 0 Å². The Morgan fingerprint density at radius 2 is 1.82 bits per heavy atom. The lowest BCUT2D eigenvalue weighted by molar-refractivity contribution is -0.154. The van der Waals surface area contributed by atoms with Gasteiger partial charge in [0.15, 0.2) is 4.93 Å². The van der Waals surface area contributed by atoms with Crippen LogP contribution in [0.2, 0.25) is 0 Å². The number of aryl methyl sites for hydroxylation is 1. The molecule has 77 heavy (non-hydrogen) atoms. The summed E-state index contributed by atoms with van der Waals surface area (Å²) >= 11 is 2.68. The van der Waals surface area contributed by atoms with E-state index in [1.165, 1.54) is 6.08 Å². The van der Waals surface area contributed by atoms with Crippen molar-refractivity contribution in [3.63, 3.8) is 0 Å². The fraction of sp³-hybridized carbons (Fsp3) is 0.621. The van der Waals surface area contributed by atoms with Gasteiger partial charge in [-0.1, -0.05) is 46.4 Å². The fourth-order valence-electron chi connectivity index (χ4n) is 12.6. The van der Waals surface area contributed by atoms with Gasteiger partial charge in [-0.15, -0.1) is 11.8 Å². The van der Waals surface area contributed by atoms with Crippen molar-refractivity contribution in [3.8, 4) is 11.3 Å². The lowest BCUT2D eigenvalue weighted by Gasteiger charge is -2.55. The highest BCUT2D eigenvalue weighted by atomic mass is 32.2. The van der Waals surface area contributed by atoms with Crippen molar-refractivity contribution in [2.45, 2.75) is 134 Å². The van der Waals surface area contributed by atoms with Crippen LogP contribution in [-0.2, 0) is 46.6 Å². The van der Waals surface area contributed by atoms with Crippen molar-refractivity contribution < 1.29 is 33.4 Å². The second-order valence-electron chi connectivity index (χ2n) is 23.2. The van der Waals surface area contributed by atoms with Crippen molar-refractivity contribution in [2.75, 3.05) is 85.9 Å². The Kier molecular flexibility index (Phi) is 18.3. The molecule has 19 heteroatoms. The van der Waals surface area contributed by atoms with E-state index in [4.69, 9.17) is 14.5 Å². The average molecular weight is 1100 g/mol. The first-order chi connectivity index (χ1) is 36.7. The standard InChI is InChI=1S/C58H84N10O7S2/c1-13-48(69)65-30-31-67(39(5)6)58(36-65)23-28-64(29-24-58)55(73)62(10)49(38(3)4)52(70)61-77-47-35-63-26-16-18-41(34-63)40-21-22-46-43(32-40)44(33-56(7,8)37-75-54(72)45-20-17-27-68(60-45)53(47)71)50(66(46)14-2)42-19-15-25-59-51(42)57(9,74-11)76-12/h13,15,18-19,21-22,25,32,38-39,45,47,49,60H,1,14,16-17,20,23-24,26-31,33-37H2,2-12H3,(H,61,70)/t45-,47?,49-,57+/m0/s1. The van der Waals surface area contributed by atoms with Crippen LogP contribution in [0.3, 0.4) is 0 Å². The molecule has 1 aromatic carbocycles. The molecule has 5 atom stereocenters. The van der Waals surface area contributed by atoms with Gasteiger partial charge in [0, 0.05) is 119 Å². The molecule has 0 aliphatic carbocycles. The van der Waals surface area contributed by atoms with E-state index < -0.39 is 33.7 Å². The maximum absolute atomic E-state index is 14.9. The zero-order valence-electron chi connectivity index (χ0n) is 47.5. The second kappa shape index (κ2) is 24.2. The van der Waals surface area contributed by atoms with Gasteiger partial charge in [-0.3, -0.25) is 43.7 Å². The average Bonchev–Trinajstić information content (AvgIpc) is 3.94. The summed E-state index contributed by atoms with van der Waals surface area (Å²) in [6.07, 6.45) is 11.4. The SMILES string of the molecule is C=CC(=O)N1CCN(C(C)C)C2(CCN(C(=O)N(C)[C@H](C(=O)NSC3CN4CCC=C(C4)c4ccc5c(c4)c(c(-c4cccnc4[C@](C)(OC)SC)n5CC)CC(C)(C)COC(=O)[C@@H]4CCCN(N4)C3=O)C(C)C)CC2)C1. The number of hydrogen-bond donors (Lipinski definition) is 2. The van der Waals surface area contributed by atoms with Crippen LogP contribution in [0.1, 0.15) is 104 Å². The van der Waals surface area contributed by atoms with Crippen LogP contribution in [0.5, 0.6) is 0 Å². The number of piperidine rings is 1. The third kappa shape index (κ3) is 12.2. The number of methoxy groups -OCH3 is 1. The third-order valence-electron chi connectivity index (χ3n) is 16.8. The van der Waals surface area contributed by atoms with E-state index in [0.717, 1.165) is 69.5 Å². The Labute approximate surface area is 465 Å². The number of pyridine rings is 1. The normalized spacial score (nSPS) is 23.5. The fourth-order valence-corrected chi connectivity index (χ4v) is 14.0. The van der Waals surface area contributed by atoms with Crippen LogP contribution in [-0.4, -0.2) is 184 Å². The van der Waals surface area contributed by atoms with Crippen LogP contribution in [0.4, 0.5) is 4.79 Å². The molecule has 420 valence electrons. The van der Waals surface area contributed by atoms with Gasteiger partial charge in [-0.05, 0) is 137 Å². The Bertz CT molecular complexity index is 2710. The van der Waals surface area contributed by atoms with Crippen molar-refractivity contribution in [3.05, 3.63) is 72.1 Å². The maximum atomic E-state index is 14.9. The summed E-state index contributed by atoms with van der Waals surface area (Å²) in [4.78, 5) is 84.9. The lowest BCUT2D eigenvalue weighted by Crippen LogP contribution is -2.68. The number of carbonyl (C=O) groups is 5. The molecule has 5 aliphatic heterocycles. The van der Waals surface area contributed by atoms with Crippen LogP contribution in [0.15, 0.2) is 55.3 Å². The van der Waals surface area contributed by atoms with Gasteiger partial charge in [-0.25, -0.2) is 10.2 Å². The number of nitrogens with zero attached hydrogens (tertiary/aromatic N) is 8. The molecular formula is C58H84N10O7S2. The van der Waals surface area contributed by atoms with E-state index in [0.29, 0.717) is 91.0 Å². The summed E-state index contributed by atoms with van der Waals surface area (Å²) < 4.78 is 17.8. The molecule has 0 saturated carbocycles. The smallest absolute Gasteiger partial charge is 0.324 e. The Balaban J connectivity index is 1.06. The van der Waals surface area contributed by atoms with E-state index in [1.807, 2.05) is 42.2 Å². The number of thioether (sulfide) groups is 1. The van der Waals surface area contributed by atoms with Gasteiger partial charge in [-0.2, -0.15) is 0 Å². The molecule has 3 saturated heterocycles. The van der Waals surface area contributed by atoms with Gasteiger partial charge in [0.25, 0.3) is 11.8 Å². The molecular weight excluding hydrogens is 1010 g/mol. The number of rotatable bonds is 12. The van der Waals surface area contributed by atoms with Crippen LogP contribution in [0, 0.1) is 11.3 Å². The van der Waals surface area contributed by atoms with E-state index in [2.05, 4.69) is 103 Å². The molecule has 2 aromatic heterocycles. The summed E-state index contributed by atoms with van der Waals surface area (Å²) in [5.41, 5.74) is 9.88. The zero-order valence-corrected chi connectivity index (χ0v) is 49.1. The number of cyclic esters (lactones) is 1. The number of hydrogen-bond acceptors (Lipinski definition) is 13. The summed E-state index contributed by atoms with van der Waals surface area (Å²) in [7, 11) is 3.41. The first-order valence-corrected chi connectivity index (χ1v) is 29.8. The molecule has 2 N–H and O–H groups in total. The molecule has 3 aromatic rings. The molecule has 5 aliphatic rings. The zero-order chi connectivity index (χ0) is 55.6. The van der Waals surface area contributed by atoms with Gasteiger partial charge < -0.3 is 28.7 Å². The summed E-state index contributed by atoms with van der Waals surface area (Å²) in [6, 6.07) is 9.32. The number of esters is 1. The lowest BCUT2D eigenvalue weighted by atomic mass is 9.82. The number of piperazine rings is 1. The van der Waals surface area contributed by atoms with Gasteiger partial charge in [0.05, 0.1) is 18.0 Å². The predicted octanol–water partition coefficient (Wildman–Crippen LogP) is 7.40. The third-order valence-corrected chi connectivity index (χ3v) is 18.8. The van der Waals surface area contributed by atoms with Crippen molar-refractivity contribution >= 4 is 69.9 Å². The minimum Gasteiger partial charge on any atom is -0.464 e. The molecule has 5 amide bonds. The number of benzene rings is 1. The first kappa shape index (κ1) is 58.2. The quantitative estimate of drug-likeness (QED) is 0.0799. The first-order valence-electron chi connectivity index (χ1n) is 27.7. The van der Waals surface area contributed by atoms with E-state index in [-0.39, 0.29) is 47.9 Å². The number of carbonyl (C=O) groups excluding carboxylic acids is 5. The minimum atomic E-state index is -0.827.